The number of rotatable bonds is 6. The molecule has 2 aromatic heterocycles. The number of carboxylic acid groups (broad SMARTS) is 1. The predicted octanol–water partition coefficient (Wildman–Crippen LogP) is 3.62. The Morgan fingerprint density at radius 3 is 2.77 bits per heavy atom. The molecule has 26 heavy (non-hydrogen) atoms. The van der Waals surface area contributed by atoms with Crippen molar-refractivity contribution in [3.8, 4) is 11.1 Å². The van der Waals surface area contributed by atoms with Gasteiger partial charge in [-0.05, 0) is 23.3 Å². The summed E-state index contributed by atoms with van der Waals surface area (Å²) in [5, 5.41) is 17.8. The normalized spacial score (nSPS) is 11.1. The molecule has 6 nitrogen and oxygen atoms in total. The molecule has 0 saturated carbocycles. The molecule has 0 atom stereocenters. The average molecular weight is 364 g/mol. The fourth-order valence-corrected chi connectivity index (χ4v) is 3.75. The first kappa shape index (κ1) is 16.4. The summed E-state index contributed by atoms with van der Waals surface area (Å²) in [5.74, 6) is -0.833. The van der Waals surface area contributed by atoms with Crippen LogP contribution < -0.4 is 0 Å². The zero-order valence-corrected chi connectivity index (χ0v) is 14.7. The van der Waals surface area contributed by atoms with Gasteiger partial charge in [0.1, 0.15) is 5.01 Å². The standard InChI is InChI=1S/C19H16N4O2S/c24-19(25)9-7-15-11-23(22-21-15)12-18-20-16-8-6-14(10-17(16)26-18)13-4-2-1-3-5-13/h1-6,8,10-11H,7,9,12H2,(H,24,25). The highest BCUT2D eigenvalue weighted by atomic mass is 32.1. The van der Waals surface area contributed by atoms with Gasteiger partial charge in [0, 0.05) is 12.6 Å². The van der Waals surface area contributed by atoms with Crippen LogP contribution in [0.15, 0.2) is 54.7 Å². The molecule has 0 aliphatic carbocycles. The first-order valence-corrected chi connectivity index (χ1v) is 9.05. The van der Waals surface area contributed by atoms with E-state index in [9.17, 15) is 4.79 Å². The van der Waals surface area contributed by atoms with Gasteiger partial charge in [-0.1, -0.05) is 41.6 Å². The maximum absolute atomic E-state index is 10.6. The number of aliphatic carboxylic acids is 1. The summed E-state index contributed by atoms with van der Waals surface area (Å²) in [6.45, 7) is 0.528. The summed E-state index contributed by atoms with van der Waals surface area (Å²) >= 11 is 1.63. The smallest absolute Gasteiger partial charge is 0.303 e. The summed E-state index contributed by atoms with van der Waals surface area (Å²) in [6, 6.07) is 16.5. The van der Waals surface area contributed by atoms with E-state index in [4.69, 9.17) is 5.11 Å². The van der Waals surface area contributed by atoms with Crippen LogP contribution in [0.4, 0.5) is 0 Å². The lowest BCUT2D eigenvalue weighted by atomic mass is 10.1. The van der Waals surface area contributed by atoms with Crippen LogP contribution in [0.3, 0.4) is 0 Å². The van der Waals surface area contributed by atoms with Crippen LogP contribution in [0.25, 0.3) is 21.3 Å². The van der Waals surface area contributed by atoms with Crippen LogP contribution in [0.1, 0.15) is 17.1 Å². The maximum Gasteiger partial charge on any atom is 0.303 e. The van der Waals surface area contributed by atoms with Crippen LogP contribution in [-0.2, 0) is 17.8 Å². The van der Waals surface area contributed by atoms with Crippen LogP contribution in [0.2, 0.25) is 0 Å². The number of fused-ring (bicyclic) bond motifs is 1. The molecule has 4 rings (SSSR count). The van der Waals surface area contributed by atoms with Gasteiger partial charge in [0.2, 0.25) is 0 Å². The Labute approximate surface area is 153 Å². The molecule has 0 saturated heterocycles. The molecule has 0 fully saturated rings. The van der Waals surface area contributed by atoms with Crippen molar-refractivity contribution in [3.05, 3.63) is 65.4 Å². The summed E-state index contributed by atoms with van der Waals surface area (Å²) in [6.07, 6.45) is 2.22. The molecule has 130 valence electrons. The highest BCUT2D eigenvalue weighted by Crippen LogP contribution is 2.28. The first-order chi connectivity index (χ1) is 12.7. The number of benzene rings is 2. The summed E-state index contributed by atoms with van der Waals surface area (Å²) in [5.41, 5.74) is 4.00. The van der Waals surface area contributed by atoms with E-state index < -0.39 is 5.97 Å². The summed E-state index contributed by atoms with van der Waals surface area (Å²) in [7, 11) is 0. The molecule has 0 amide bonds. The molecule has 2 heterocycles. The Morgan fingerprint density at radius 1 is 1.12 bits per heavy atom. The zero-order valence-electron chi connectivity index (χ0n) is 13.9. The number of hydrogen-bond acceptors (Lipinski definition) is 5. The molecule has 1 N–H and O–H groups in total. The fraction of sp³-hybridized carbons (Fsp3) is 0.158. The van der Waals surface area contributed by atoms with E-state index in [1.54, 1.807) is 22.2 Å². The zero-order chi connectivity index (χ0) is 17.9. The highest BCUT2D eigenvalue weighted by molar-refractivity contribution is 7.18. The molecular formula is C19H16N4O2S. The fourth-order valence-electron chi connectivity index (χ4n) is 2.75. The Balaban J connectivity index is 1.53. The molecule has 2 aromatic carbocycles. The van der Waals surface area contributed by atoms with Crippen molar-refractivity contribution in [2.45, 2.75) is 19.4 Å². The second kappa shape index (κ2) is 7.05. The number of aryl methyl sites for hydroxylation is 1. The number of hydrogen-bond donors (Lipinski definition) is 1. The Kier molecular flexibility index (Phi) is 4.45. The quantitative estimate of drug-likeness (QED) is 0.565. The molecule has 0 aliphatic heterocycles. The molecule has 0 aliphatic rings. The van der Waals surface area contributed by atoms with E-state index in [1.165, 1.54) is 11.1 Å². The molecule has 7 heteroatoms. The van der Waals surface area contributed by atoms with E-state index in [2.05, 4.69) is 39.6 Å². The average Bonchev–Trinajstić information content (AvgIpc) is 3.26. The van der Waals surface area contributed by atoms with Gasteiger partial charge >= 0.3 is 5.97 Å². The van der Waals surface area contributed by atoms with Gasteiger partial charge in [-0.3, -0.25) is 4.79 Å². The Bertz CT molecular complexity index is 1060. The Hall–Kier alpha value is -3.06. The topological polar surface area (TPSA) is 80.9 Å². The van der Waals surface area contributed by atoms with Crippen molar-refractivity contribution < 1.29 is 9.90 Å². The third kappa shape index (κ3) is 3.62. The Morgan fingerprint density at radius 2 is 1.96 bits per heavy atom. The minimum absolute atomic E-state index is 0.0576. The minimum atomic E-state index is -0.833. The first-order valence-electron chi connectivity index (χ1n) is 8.23. The second-order valence-electron chi connectivity index (χ2n) is 5.96. The van der Waals surface area contributed by atoms with Crippen molar-refractivity contribution in [3.63, 3.8) is 0 Å². The maximum atomic E-state index is 10.6. The third-order valence-electron chi connectivity index (χ3n) is 4.02. The minimum Gasteiger partial charge on any atom is -0.481 e. The summed E-state index contributed by atoms with van der Waals surface area (Å²) in [4.78, 5) is 15.3. The number of carboxylic acids is 1. The lowest BCUT2D eigenvalue weighted by Crippen LogP contribution is -1.99. The molecule has 4 aromatic rings. The monoisotopic (exact) mass is 364 g/mol. The molecule has 0 radical (unpaired) electrons. The van der Waals surface area contributed by atoms with Gasteiger partial charge < -0.3 is 5.11 Å². The molecular weight excluding hydrogens is 348 g/mol. The largest absolute Gasteiger partial charge is 0.481 e. The lowest BCUT2D eigenvalue weighted by molar-refractivity contribution is -0.136. The number of carbonyl (C=O) groups is 1. The van der Waals surface area contributed by atoms with E-state index in [1.807, 2.05) is 24.3 Å². The van der Waals surface area contributed by atoms with Gasteiger partial charge in [0.15, 0.2) is 0 Å². The van der Waals surface area contributed by atoms with Crippen LogP contribution in [0, 0.1) is 0 Å². The number of thiazole rings is 1. The summed E-state index contributed by atoms with van der Waals surface area (Å²) < 4.78 is 2.83. The van der Waals surface area contributed by atoms with Crippen molar-refractivity contribution >= 4 is 27.5 Å². The predicted molar refractivity (Wildman–Crippen MR) is 100 cm³/mol. The number of aromatic nitrogens is 4. The van der Waals surface area contributed by atoms with E-state index in [0.29, 0.717) is 18.7 Å². The van der Waals surface area contributed by atoms with Gasteiger partial charge in [-0.2, -0.15) is 0 Å². The van der Waals surface area contributed by atoms with E-state index in [-0.39, 0.29) is 6.42 Å². The van der Waals surface area contributed by atoms with Crippen molar-refractivity contribution in [2.75, 3.05) is 0 Å². The van der Waals surface area contributed by atoms with Crippen molar-refractivity contribution in [1.82, 2.24) is 20.0 Å². The second-order valence-corrected chi connectivity index (χ2v) is 7.07. The van der Waals surface area contributed by atoms with Crippen molar-refractivity contribution in [2.24, 2.45) is 0 Å². The molecule has 0 unspecified atom stereocenters. The van der Waals surface area contributed by atoms with Crippen LogP contribution in [-0.4, -0.2) is 31.1 Å². The lowest BCUT2D eigenvalue weighted by Gasteiger charge is -2.00. The highest BCUT2D eigenvalue weighted by Gasteiger charge is 2.09. The van der Waals surface area contributed by atoms with E-state index in [0.717, 1.165) is 15.2 Å². The van der Waals surface area contributed by atoms with Crippen LogP contribution in [0.5, 0.6) is 0 Å². The third-order valence-corrected chi connectivity index (χ3v) is 5.02. The van der Waals surface area contributed by atoms with Gasteiger partial charge in [-0.15, -0.1) is 16.4 Å². The van der Waals surface area contributed by atoms with Gasteiger partial charge in [-0.25, -0.2) is 9.67 Å². The molecule has 0 bridgehead atoms. The van der Waals surface area contributed by atoms with Crippen LogP contribution >= 0.6 is 11.3 Å². The number of nitrogens with zero attached hydrogens (tertiary/aromatic N) is 4. The van der Waals surface area contributed by atoms with E-state index >= 15 is 0 Å². The van der Waals surface area contributed by atoms with Crippen molar-refractivity contribution in [1.29, 1.82) is 0 Å². The van der Waals surface area contributed by atoms with Gasteiger partial charge in [0.05, 0.1) is 28.9 Å². The SMILES string of the molecule is O=C(O)CCc1cn(Cc2nc3ccc(-c4ccccc4)cc3s2)nn1. The van der Waals surface area contributed by atoms with Gasteiger partial charge in [0.25, 0.3) is 0 Å². The molecule has 0 spiro atoms.